The summed E-state index contributed by atoms with van der Waals surface area (Å²) in [5.74, 6) is -0.160. The molecule has 0 aliphatic heterocycles. The maximum Gasteiger partial charge on any atom is 0.297 e. The molecule has 0 bridgehead atoms. The first kappa shape index (κ1) is 12.9. The van der Waals surface area contributed by atoms with E-state index in [-0.39, 0.29) is 23.4 Å². The molecule has 0 saturated heterocycles. The summed E-state index contributed by atoms with van der Waals surface area (Å²) in [7, 11) is 3.08. The van der Waals surface area contributed by atoms with E-state index in [1.165, 1.54) is 18.0 Å². The van der Waals surface area contributed by atoms with Gasteiger partial charge in [0.1, 0.15) is 6.54 Å². The van der Waals surface area contributed by atoms with Crippen molar-refractivity contribution in [3.63, 3.8) is 0 Å². The molecule has 1 amide bonds. The fraction of sp³-hybridized carbons (Fsp3) is 0.545. The minimum absolute atomic E-state index is 0.00162. The molecule has 1 aromatic heterocycles. The Morgan fingerprint density at radius 3 is 2.89 bits per heavy atom. The van der Waals surface area contributed by atoms with Gasteiger partial charge in [0.05, 0.1) is 13.4 Å². The van der Waals surface area contributed by atoms with Gasteiger partial charge in [0.15, 0.2) is 5.15 Å². The van der Waals surface area contributed by atoms with Crippen LogP contribution in [-0.2, 0) is 11.3 Å². The van der Waals surface area contributed by atoms with Gasteiger partial charge in [-0.15, -0.1) is 0 Å². The second-order valence-corrected chi connectivity index (χ2v) is 4.60. The lowest BCUT2D eigenvalue weighted by atomic mass is 10.4. The topological polar surface area (TPSA) is 64.4 Å². The summed E-state index contributed by atoms with van der Waals surface area (Å²) in [5, 5.41) is 0.00162. The number of hydrogen-bond donors (Lipinski definition) is 0. The highest BCUT2D eigenvalue weighted by Gasteiger charge is 2.29. The number of amides is 1. The predicted molar refractivity (Wildman–Crippen MR) is 65.9 cm³/mol. The van der Waals surface area contributed by atoms with Gasteiger partial charge in [-0.3, -0.25) is 14.2 Å². The average Bonchev–Trinajstić information content (AvgIpc) is 3.16. The zero-order chi connectivity index (χ0) is 13.3. The van der Waals surface area contributed by atoms with Crippen LogP contribution in [0.15, 0.2) is 11.1 Å². The number of methoxy groups -OCH3 is 1. The molecule has 18 heavy (non-hydrogen) atoms. The maximum absolute atomic E-state index is 11.9. The van der Waals surface area contributed by atoms with Crippen molar-refractivity contribution >= 4 is 17.5 Å². The molecule has 1 aliphatic rings. The molecule has 6 nitrogen and oxygen atoms in total. The van der Waals surface area contributed by atoms with Crippen molar-refractivity contribution < 1.29 is 9.53 Å². The largest absolute Gasteiger partial charge is 0.489 e. The van der Waals surface area contributed by atoms with Crippen LogP contribution in [0.3, 0.4) is 0 Å². The molecule has 2 rings (SSSR count). The van der Waals surface area contributed by atoms with Crippen molar-refractivity contribution in [2.45, 2.75) is 25.4 Å². The van der Waals surface area contributed by atoms with Crippen molar-refractivity contribution in [1.29, 1.82) is 0 Å². The van der Waals surface area contributed by atoms with E-state index in [1.807, 2.05) is 0 Å². The summed E-state index contributed by atoms with van der Waals surface area (Å²) in [6, 6.07) is 0.315. The Morgan fingerprint density at radius 1 is 1.67 bits per heavy atom. The Bertz CT molecular complexity index is 525. The summed E-state index contributed by atoms with van der Waals surface area (Å²) < 4.78 is 6.07. The van der Waals surface area contributed by atoms with Crippen LogP contribution < -0.4 is 10.3 Å². The van der Waals surface area contributed by atoms with Crippen LogP contribution in [0.5, 0.6) is 5.75 Å². The van der Waals surface area contributed by atoms with E-state index >= 15 is 0 Å². The van der Waals surface area contributed by atoms with Crippen molar-refractivity contribution in [2.24, 2.45) is 0 Å². The number of halogens is 1. The van der Waals surface area contributed by atoms with Crippen LogP contribution >= 0.6 is 11.6 Å². The molecule has 0 atom stereocenters. The smallest absolute Gasteiger partial charge is 0.297 e. The first-order valence-electron chi connectivity index (χ1n) is 5.59. The minimum atomic E-state index is -0.449. The standard InChI is InChI=1S/C11H14ClN3O3/c1-14(7-3-4-7)8(16)5-15-6-13-10(12)9(18-2)11(15)17/h6-7H,3-5H2,1-2H3. The molecule has 98 valence electrons. The van der Waals surface area contributed by atoms with Gasteiger partial charge >= 0.3 is 0 Å². The van der Waals surface area contributed by atoms with Gasteiger partial charge in [-0.25, -0.2) is 4.98 Å². The Morgan fingerprint density at radius 2 is 2.33 bits per heavy atom. The maximum atomic E-state index is 11.9. The second kappa shape index (κ2) is 4.97. The van der Waals surface area contributed by atoms with Gasteiger partial charge < -0.3 is 9.64 Å². The second-order valence-electron chi connectivity index (χ2n) is 4.24. The number of carbonyl (C=O) groups is 1. The highest BCUT2D eigenvalue weighted by Crippen LogP contribution is 2.25. The average molecular weight is 272 g/mol. The van der Waals surface area contributed by atoms with Crippen molar-refractivity contribution in [3.8, 4) is 5.75 Å². The summed E-state index contributed by atoms with van der Waals surface area (Å²) in [6.45, 7) is -0.0492. The minimum Gasteiger partial charge on any atom is -0.489 e. The van der Waals surface area contributed by atoms with Crippen LogP contribution in [0.2, 0.25) is 5.15 Å². The monoisotopic (exact) mass is 271 g/mol. The third-order valence-electron chi connectivity index (χ3n) is 2.95. The number of carbonyl (C=O) groups excluding carboxylic acids is 1. The third-order valence-corrected chi connectivity index (χ3v) is 3.22. The summed E-state index contributed by atoms with van der Waals surface area (Å²) in [6.07, 6.45) is 3.31. The van der Waals surface area contributed by atoms with E-state index in [1.54, 1.807) is 11.9 Å². The Kier molecular flexibility index (Phi) is 3.56. The molecule has 0 spiro atoms. The number of ether oxygens (including phenoxy) is 1. The zero-order valence-corrected chi connectivity index (χ0v) is 11.0. The van der Waals surface area contributed by atoms with E-state index in [2.05, 4.69) is 4.98 Å². The zero-order valence-electron chi connectivity index (χ0n) is 10.2. The SMILES string of the molecule is COc1c(Cl)ncn(CC(=O)N(C)C2CC2)c1=O. The van der Waals surface area contributed by atoms with E-state index in [0.29, 0.717) is 6.04 Å². The summed E-state index contributed by atoms with van der Waals surface area (Å²) in [4.78, 5) is 29.3. The fourth-order valence-corrected chi connectivity index (χ4v) is 1.86. The molecular formula is C11H14ClN3O3. The van der Waals surface area contributed by atoms with Gasteiger partial charge in [0.2, 0.25) is 11.7 Å². The normalized spacial score (nSPS) is 14.4. The van der Waals surface area contributed by atoms with Gasteiger partial charge in [0.25, 0.3) is 5.56 Å². The van der Waals surface area contributed by atoms with Gasteiger partial charge in [0, 0.05) is 13.1 Å². The molecule has 0 aromatic carbocycles. The number of rotatable bonds is 4. The van der Waals surface area contributed by atoms with Crippen molar-refractivity contribution in [1.82, 2.24) is 14.5 Å². The first-order valence-corrected chi connectivity index (χ1v) is 5.97. The van der Waals surface area contributed by atoms with E-state index in [4.69, 9.17) is 16.3 Å². The van der Waals surface area contributed by atoms with Gasteiger partial charge in [-0.1, -0.05) is 11.6 Å². The lowest BCUT2D eigenvalue weighted by Crippen LogP contribution is -2.35. The van der Waals surface area contributed by atoms with Crippen LogP contribution in [0.1, 0.15) is 12.8 Å². The molecule has 0 N–H and O–H groups in total. The fourth-order valence-electron chi connectivity index (χ4n) is 1.66. The molecule has 1 aliphatic carbocycles. The lowest BCUT2D eigenvalue weighted by Gasteiger charge is -2.17. The molecule has 7 heteroatoms. The van der Waals surface area contributed by atoms with Crippen LogP contribution in [0.4, 0.5) is 0 Å². The van der Waals surface area contributed by atoms with Crippen LogP contribution in [0, 0.1) is 0 Å². The van der Waals surface area contributed by atoms with Crippen LogP contribution in [-0.4, -0.2) is 40.6 Å². The van der Waals surface area contributed by atoms with E-state index in [0.717, 1.165) is 12.8 Å². The molecule has 0 radical (unpaired) electrons. The Hall–Kier alpha value is -1.56. The van der Waals surface area contributed by atoms with Crippen molar-refractivity contribution in [3.05, 3.63) is 21.8 Å². The molecule has 1 heterocycles. The van der Waals surface area contributed by atoms with E-state index in [9.17, 15) is 9.59 Å². The lowest BCUT2D eigenvalue weighted by molar-refractivity contribution is -0.131. The third kappa shape index (κ3) is 2.48. The number of hydrogen-bond acceptors (Lipinski definition) is 4. The van der Waals surface area contributed by atoms with Crippen molar-refractivity contribution in [2.75, 3.05) is 14.2 Å². The van der Waals surface area contributed by atoms with Crippen LogP contribution in [0.25, 0.3) is 0 Å². The molecule has 1 aromatic rings. The molecule has 0 unspecified atom stereocenters. The number of aromatic nitrogens is 2. The molecular weight excluding hydrogens is 258 g/mol. The summed E-state index contributed by atoms with van der Waals surface area (Å²) in [5.41, 5.74) is -0.449. The number of nitrogens with zero attached hydrogens (tertiary/aromatic N) is 3. The molecule has 1 fully saturated rings. The first-order chi connectivity index (χ1) is 8.54. The Labute approximate surface area is 109 Å². The Balaban J connectivity index is 2.19. The quantitative estimate of drug-likeness (QED) is 0.749. The number of likely N-dealkylation sites (N-methyl/N-ethyl adjacent to an activating group) is 1. The molecule has 1 saturated carbocycles. The van der Waals surface area contributed by atoms with Gasteiger partial charge in [-0.05, 0) is 12.8 Å². The summed E-state index contributed by atoms with van der Waals surface area (Å²) >= 11 is 5.72. The predicted octanol–water partition coefficient (Wildman–Crippen LogP) is 0.526. The van der Waals surface area contributed by atoms with E-state index < -0.39 is 5.56 Å². The highest BCUT2D eigenvalue weighted by molar-refractivity contribution is 6.30. The van der Waals surface area contributed by atoms with Gasteiger partial charge in [-0.2, -0.15) is 0 Å². The highest BCUT2D eigenvalue weighted by atomic mass is 35.5.